The van der Waals surface area contributed by atoms with Crippen LogP contribution in [0.4, 0.5) is 0 Å². The summed E-state index contributed by atoms with van der Waals surface area (Å²) in [6.07, 6.45) is 3.57. The highest BCUT2D eigenvalue weighted by atomic mass is 79.9. The van der Waals surface area contributed by atoms with Gasteiger partial charge in [0, 0.05) is 13.1 Å². The van der Waals surface area contributed by atoms with Crippen LogP contribution < -0.4 is 0 Å². The summed E-state index contributed by atoms with van der Waals surface area (Å²) in [5.74, 6) is 1.20. The molecule has 2 aromatic rings. The van der Waals surface area contributed by atoms with E-state index in [1.165, 1.54) is 0 Å². The lowest BCUT2D eigenvalue weighted by atomic mass is 10.6. The molecule has 13 heavy (non-hydrogen) atoms. The first kappa shape index (κ1) is 8.43. The molecular weight excluding hydrogens is 236 g/mol. The Labute approximate surface area is 82.9 Å². The van der Waals surface area contributed by atoms with E-state index in [4.69, 9.17) is 4.52 Å². The largest absolute Gasteiger partial charge is 0.340 e. The second-order valence-electron chi connectivity index (χ2n) is 2.59. The van der Waals surface area contributed by atoms with Gasteiger partial charge in [0.25, 0.3) is 0 Å². The van der Waals surface area contributed by atoms with Gasteiger partial charge in [-0.3, -0.25) is 4.68 Å². The van der Waals surface area contributed by atoms with Gasteiger partial charge in [0.05, 0.1) is 10.7 Å². The summed E-state index contributed by atoms with van der Waals surface area (Å²) in [6, 6.07) is 0. The number of aryl methyl sites for hydroxylation is 1. The fourth-order valence-corrected chi connectivity index (χ4v) is 1.30. The van der Waals surface area contributed by atoms with Crippen molar-refractivity contribution in [2.75, 3.05) is 0 Å². The molecule has 0 unspecified atom stereocenters. The molecular formula is C7H7BrN4O. The molecule has 0 saturated carbocycles. The minimum absolute atomic E-state index is 0.531. The monoisotopic (exact) mass is 242 g/mol. The van der Waals surface area contributed by atoms with Crippen molar-refractivity contribution in [3.05, 3.63) is 28.6 Å². The average molecular weight is 243 g/mol. The molecule has 0 atom stereocenters. The normalized spacial score (nSPS) is 10.6. The lowest BCUT2D eigenvalue weighted by Crippen LogP contribution is -2.01. The molecule has 0 N–H and O–H groups in total. The maximum absolute atomic E-state index is 4.83. The second kappa shape index (κ2) is 3.29. The number of hydrogen-bond donors (Lipinski definition) is 0. The SMILES string of the molecule is Cc1nc(Cn2cc(Br)cn2)no1. The van der Waals surface area contributed by atoms with Crippen molar-refractivity contribution in [3.63, 3.8) is 0 Å². The van der Waals surface area contributed by atoms with Crippen LogP contribution in [0.15, 0.2) is 21.4 Å². The summed E-state index contributed by atoms with van der Waals surface area (Å²) >= 11 is 3.30. The quantitative estimate of drug-likeness (QED) is 0.799. The van der Waals surface area contributed by atoms with Crippen LogP contribution in [0.1, 0.15) is 11.7 Å². The highest BCUT2D eigenvalue weighted by Crippen LogP contribution is 2.07. The number of hydrogen-bond acceptors (Lipinski definition) is 4. The number of nitrogens with zero attached hydrogens (tertiary/aromatic N) is 4. The van der Waals surface area contributed by atoms with E-state index in [9.17, 15) is 0 Å². The Hall–Kier alpha value is -1.17. The van der Waals surface area contributed by atoms with Gasteiger partial charge < -0.3 is 4.52 Å². The highest BCUT2D eigenvalue weighted by molar-refractivity contribution is 9.10. The smallest absolute Gasteiger partial charge is 0.223 e. The summed E-state index contributed by atoms with van der Waals surface area (Å²) in [5.41, 5.74) is 0. The Kier molecular flexibility index (Phi) is 2.13. The van der Waals surface area contributed by atoms with Crippen molar-refractivity contribution in [3.8, 4) is 0 Å². The van der Waals surface area contributed by atoms with Crippen molar-refractivity contribution in [1.82, 2.24) is 19.9 Å². The van der Waals surface area contributed by atoms with Crippen molar-refractivity contribution >= 4 is 15.9 Å². The van der Waals surface area contributed by atoms with E-state index in [0.717, 1.165) is 4.47 Å². The summed E-state index contributed by atoms with van der Waals surface area (Å²) in [5, 5.41) is 7.83. The summed E-state index contributed by atoms with van der Waals surface area (Å²) in [4.78, 5) is 4.06. The van der Waals surface area contributed by atoms with E-state index in [1.54, 1.807) is 17.8 Å². The van der Waals surface area contributed by atoms with E-state index in [1.807, 2.05) is 6.20 Å². The van der Waals surface area contributed by atoms with Gasteiger partial charge in [-0.05, 0) is 15.9 Å². The van der Waals surface area contributed by atoms with Gasteiger partial charge in [-0.2, -0.15) is 10.1 Å². The van der Waals surface area contributed by atoms with Crippen molar-refractivity contribution < 1.29 is 4.52 Å². The number of rotatable bonds is 2. The molecule has 68 valence electrons. The lowest BCUT2D eigenvalue weighted by molar-refractivity contribution is 0.385. The molecule has 6 heteroatoms. The minimum Gasteiger partial charge on any atom is -0.340 e. The summed E-state index contributed by atoms with van der Waals surface area (Å²) in [7, 11) is 0. The van der Waals surface area contributed by atoms with Crippen molar-refractivity contribution in [1.29, 1.82) is 0 Å². The van der Waals surface area contributed by atoms with Crippen LogP contribution in [0.2, 0.25) is 0 Å². The third-order valence-corrected chi connectivity index (χ3v) is 1.88. The van der Waals surface area contributed by atoms with Gasteiger partial charge >= 0.3 is 0 Å². The van der Waals surface area contributed by atoms with Crippen LogP contribution in [0.25, 0.3) is 0 Å². The van der Waals surface area contributed by atoms with E-state index in [2.05, 4.69) is 31.2 Å². The van der Waals surface area contributed by atoms with E-state index in [0.29, 0.717) is 18.3 Å². The predicted molar refractivity (Wildman–Crippen MR) is 48.1 cm³/mol. The van der Waals surface area contributed by atoms with Crippen LogP contribution in [-0.4, -0.2) is 19.9 Å². The molecule has 5 nitrogen and oxygen atoms in total. The third kappa shape index (κ3) is 1.95. The third-order valence-electron chi connectivity index (χ3n) is 1.47. The maximum atomic E-state index is 4.83. The molecule has 0 spiro atoms. The Balaban J connectivity index is 2.14. The van der Waals surface area contributed by atoms with Gasteiger partial charge in [0.1, 0.15) is 6.54 Å². The van der Waals surface area contributed by atoms with E-state index >= 15 is 0 Å². The van der Waals surface area contributed by atoms with Crippen LogP contribution in [0.3, 0.4) is 0 Å². The first-order chi connectivity index (χ1) is 6.24. The first-order valence-electron chi connectivity index (χ1n) is 3.71. The van der Waals surface area contributed by atoms with Gasteiger partial charge in [0.15, 0.2) is 5.82 Å². The van der Waals surface area contributed by atoms with Crippen molar-refractivity contribution in [2.45, 2.75) is 13.5 Å². The summed E-state index contributed by atoms with van der Waals surface area (Å²) < 4.78 is 7.50. The Morgan fingerprint density at radius 3 is 3.00 bits per heavy atom. The average Bonchev–Trinajstić information content (AvgIpc) is 2.62. The van der Waals surface area contributed by atoms with Gasteiger partial charge in [-0.15, -0.1) is 0 Å². The molecule has 0 aromatic carbocycles. The zero-order valence-electron chi connectivity index (χ0n) is 6.94. The Bertz CT molecular complexity index is 370. The molecule has 0 bridgehead atoms. The molecule has 0 aliphatic heterocycles. The van der Waals surface area contributed by atoms with Crippen molar-refractivity contribution in [2.24, 2.45) is 0 Å². The molecule has 2 heterocycles. The Morgan fingerprint density at radius 2 is 2.46 bits per heavy atom. The standard InChI is InChI=1S/C7H7BrN4O/c1-5-10-7(11-13-5)4-12-3-6(8)2-9-12/h2-3H,4H2,1H3. The topological polar surface area (TPSA) is 56.7 Å². The van der Waals surface area contributed by atoms with Crippen LogP contribution in [0, 0.1) is 6.92 Å². The van der Waals surface area contributed by atoms with E-state index in [-0.39, 0.29) is 0 Å². The van der Waals surface area contributed by atoms with Gasteiger partial charge in [-0.25, -0.2) is 0 Å². The zero-order chi connectivity index (χ0) is 9.26. The molecule has 0 aliphatic rings. The van der Waals surface area contributed by atoms with E-state index < -0.39 is 0 Å². The number of aromatic nitrogens is 4. The first-order valence-corrected chi connectivity index (χ1v) is 4.50. The maximum Gasteiger partial charge on any atom is 0.223 e. The molecule has 0 saturated heterocycles. The van der Waals surface area contributed by atoms with Gasteiger partial charge in [0.2, 0.25) is 5.89 Å². The van der Waals surface area contributed by atoms with Crippen LogP contribution in [0.5, 0.6) is 0 Å². The zero-order valence-corrected chi connectivity index (χ0v) is 8.52. The minimum atomic E-state index is 0.531. The van der Waals surface area contributed by atoms with Crippen LogP contribution in [-0.2, 0) is 6.54 Å². The fourth-order valence-electron chi connectivity index (χ4n) is 0.975. The summed E-state index contributed by atoms with van der Waals surface area (Å²) in [6.45, 7) is 2.29. The van der Waals surface area contributed by atoms with Gasteiger partial charge in [-0.1, -0.05) is 5.16 Å². The highest BCUT2D eigenvalue weighted by Gasteiger charge is 2.03. The second-order valence-corrected chi connectivity index (χ2v) is 3.50. The fraction of sp³-hybridized carbons (Fsp3) is 0.286. The molecule has 0 amide bonds. The predicted octanol–water partition coefficient (Wildman–Crippen LogP) is 1.39. The molecule has 2 rings (SSSR count). The Morgan fingerprint density at radius 1 is 1.62 bits per heavy atom. The molecule has 0 fully saturated rings. The number of halogens is 1. The molecule has 0 aliphatic carbocycles. The van der Waals surface area contributed by atoms with Crippen LogP contribution >= 0.6 is 15.9 Å². The molecule has 0 radical (unpaired) electrons. The lowest BCUT2D eigenvalue weighted by Gasteiger charge is -1.92. The molecule has 2 aromatic heterocycles.